The van der Waals surface area contributed by atoms with Crippen molar-refractivity contribution in [3.8, 4) is 0 Å². The molecule has 0 saturated heterocycles. The lowest BCUT2D eigenvalue weighted by molar-refractivity contribution is 0.676. The van der Waals surface area contributed by atoms with Gasteiger partial charge in [-0.05, 0) is 68.1 Å². The average Bonchev–Trinajstić information content (AvgIpc) is 3.34. The third-order valence-electron chi connectivity index (χ3n) is 4.91. The Labute approximate surface area is 132 Å². The number of hydrogen-bond acceptors (Lipinski definition) is 2. The van der Waals surface area contributed by atoms with Crippen LogP contribution in [0.4, 0.5) is 5.69 Å². The summed E-state index contributed by atoms with van der Waals surface area (Å²) >= 11 is 6.52. The molecular weight excluding hydrogens is 280 g/mol. The Morgan fingerprint density at radius 2 is 1.67 bits per heavy atom. The molecule has 1 N–H and O–H groups in total. The number of benzene rings is 1. The predicted octanol–water partition coefficient (Wildman–Crippen LogP) is 4.22. The molecule has 0 unspecified atom stereocenters. The molecular formula is C18H25ClN2. The Morgan fingerprint density at radius 3 is 2.19 bits per heavy atom. The third-order valence-corrected chi connectivity index (χ3v) is 5.26. The van der Waals surface area contributed by atoms with Gasteiger partial charge in [0, 0.05) is 36.4 Å². The van der Waals surface area contributed by atoms with Gasteiger partial charge in [-0.15, -0.1) is 0 Å². The van der Waals surface area contributed by atoms with E-state index in [-0.39, 0.29) is 0 Å². The summed E-state index contributed by atoms with van der Waals surface area (Å²) in [5, 5.41) is 4.48. The molecule has 3 saturated carbocycles. The second-order valence-electron chi connectivity index (χ2n) is 7.22. The van der Waals surface area contributed by atoms with Gasteiger partial charge in [-0.3, -0.25) is 0 Å². The maximum Gasteiger partial charge on any atom is 0.0471 e. The summed E-state index contributed by atoms with van der Waals surface area (Å²) in [4.78, 5) is 2.58. The summed E-state index contributed by atoms with van der Waals surface area (Å²) in [6, 6.07) is 7.43. The second kappa shape index (κ2) is 5.81. The standard InChI is InChI=1S/C18H25ClN2/c19-18-9-17(8-5-15(18)10-20-16-6-7-16)21(11-13-1-2-13)12-14-3-4-14/h5,8-9,13-14,16,20H,1-4,6-7,10-12H2. The van der Waals surface area contributed by atoms with Crippen LogP contribution >= 0.6 is 11.6 Å². The fourth-order valence-corrected chi connectivity index (χ4v) is 3.17. The van der Waals surface area contributed by atoms with Crippen LogP contribution in [-0.4, -0.2) is 19.1 Å². The van der Waals surface area contributed by atoms with Gasteiger partial charge in [0.15, 0.2) is 0 Å². The van der Waals surface area contributed by atoms with Crippen molar-refractivity contribution in [2.75, 3.05) is 18.0 Å². The van der Waals surface area contributed by atoms with Crippen LogP contribution in [0.5, 0.6) is 0 Å². The van der Waals surface area contributed by atoms with Gasteiger partial charge in [0.25, 0.3) is 0 Å². The van der Waals surface area contributed by atoms with Gasteiger partial charge in [0.1, 0.15) is 0 Å². The summed E-state index contributed by atoms with van der Waals surface area (Å²) < 4.78 is 0. The van der Waals surface area contributed by atoms with Crippen LogP contribution in [0.1, 0.15) is 44.1 Å². The number of rotatable bonds is 8. The van der Waals surface area contributed by atoms with E-state index in [1.165, 1.54) is 62.9 Å². The zero-order valence-corrected chi connectivity index (χ0v) is 13.4. The molecule has 0 bridgehead atoms. The molecule has 2 nitrogen and oxygen atoms in total. The third kappa shape index (κ3) is 3.92. The quantitative estimate of drug-likeness (QED) is 0.773. The average molecular weight is 305 g/mol. The van der Waals surface area contributed by atoms with Crippen LogP contribution < -0.4 is 10.2 Å². The van der Waals surface area contributed by atoms with Gasteiger partial charge in [0.05, 0.1) is 0 Å². The molecule has 1 aromatic carbocycles. The molecule has 1 aromatic rings. The highest BCUT2D eigenvalue weighted by molar-refractivity contribution is 6.31. The maximum atomic E-state index is 6.52. The smallest absolute Gasteiger partial charge is 0.0471 e. The van der Waals surface area contributed by atoms with Crippen molar-refractivity contribution in [1.82, 2.24) is 5.32 Å². The number of nitrogens with zero attached hydrogens (tertiary/aromatic N) is 1. The molecule has 0 amide bonds. The van der Waals surface area contributed by atoms with Crippen LogP contribution in [0.25, 0.3) is 0 Å². The van der Waals surface area contributed by atoms with E-state index in [0.717, 1.165) is 29.4 Å². The highest BCUT2D eigenvalue weighted by Crippen LogP contribution is 2.36. The van der Waals surface area contributed by atoms with Crippen molar-refractivity contribution in [3.05, 3.63) is 28.8 Å². The van der Waals surface area contributed by atoms with E-state index in [9.17, 15) is 0 Å². The molecule has 3 heteroatoms. The van der Waals surface area contributed by atoms with Gasteiger partial charge in [-0.2, -0.15) is 0 Å². The van der Waals surface area contributed by atoms with E-state index in [1.54, 1.807) is 0 Å². The lowest BCUT2D eigenvalue weighted by Gasteiger charge is -2.25. The molecule has 4 rings (SSSR count). The Kier molecular flexibility index (Phi) is 3.85. The van der Waals surface area contributed by atoms with E-state index in [4.69, 9.17) is 11.6 Å². The molecule has 0 atom stereocenters. The highest BCUT2D eigenvalue weighted by Gasteiger charge is 2.29. The summed E-state index contributed by atoms with van der Waals surface area (Å²) in [5.41, 5.74) is 2.57. The highest BCUT2D eigenvalue weighted by atomic mass is 35.5. The van der Waals surface area contributed by atoms with Gasteiger partial charge in [-0.25, -0.2) is 0 Å². The van der Waals surface area contributed by atoms with Gasteiger partial charge >= 0.3 is 0 Å². The van der Waals surface area contributed by atoms with Gasteiger partial charge < -0.3 is 10.2 Å². The van der Waals surface area contributed by atoms with Crippen molar-refractivity contribution >= 4 is 17.3 Å². The van der Waals surface area contributed by atoms with E-state index in [2.05, 4.69) is 28.4 Å². The topological polar surface area (TPSA) is 15.3 Å². The fraction of sp³-hybridized carbons (Fsp3) is 0.667. The summed E-state index contributed by atoms with van der Waals surface area (Å²) in [5.74, 6) is 1.86. The molecule has 3 aliphatic rings. The Bertz CT molecular complexity index is 490. The van der Waals surface area contributed by atoms with Gasteiger partial charge in [0.2, 0.25) is 0 Å². The van der Waals surface area contributed by atoms with E-state index in [1.807, 2.05) is 0 Å². The monoisotopic (exact) mass is 304 g/mol. The lowest BCUT2D eigenvalue weighted by Crippen LogP contribution is -2.28. The first kappa shape index (κ1) is 13.9. The molecule has 0 aromatic heterocycles. The first-order valence-electron chi connectivity index (χ1n) is 8.54. The number of hydrogen-bond donors (Lipinski definition) is 1. The van der Waals surface area contributed by atoms with Crippen molar-refractivity contribution in [2.45, 2.75) is 51.1 Å². The summed E-state index contributed by atoms with van der Waals surface area (Å²) in [6.07, 6.45) is 8.31. The largest absolute Gasteiger partial charge is 0.371 e. The second-order valence-corrected chi connectivity index (χ2v) is 7.63. The Morgan fingerprint density at radius 1 is 1.00 bits per heavy atom. The fourth-order valence-electron chi connectivity index (χ4n) is 2.93. The Balaban J connectivity index is 1.44. The molecule has 0 aliphatic heterocycles. The lowest BCUT2D eigenvalue weighted by atomic mass is 10.1. The Hall–Kier alpha value is -0.730. The zero-order valence-electron chi connectivity index (χ0n) is 12.7. The van der Waals surface area contributed by atoms with E-state index < -0.39 is 0 Å². The van der Waals surface area contributed by atoms with Crippen LogP contribution in [0.2, 0.25) is 5.02 Å². The van der Waals surface area contributed by atoms with E-state index >= 15 is 0 Å². The van der Waals surface area contributed by atoms with Crippen LogP contribution in [0, 0.1) is 11.8 Å². The zero-order chi connectivity index (χ0) is 14.2. The predicted molar refractivity (Wildman–Crippen MR) is 89.0 cm³/mol. The first-order valence-corrected chi connectivity index (χ1v) is 8.92. The molecule has 3 aliphatic carbocycles. The van der Waals surface area contributed by atoms with Crippen molar-refractivity contribution in [3.63, 3.8) is 0 Å². The van der Waals surface area contributed by atoms with Crippen molar-refractivity contribution < 1.29 is 0 Å². The molecule has 3 fully saturated rings. The number of anilines is 1. The molecule has 21 heavy (non-hydrogen) atoms. The summed E-state index contributed by atoms with van der Waals surface area (Å²) in [6.45, 7) is 3.37. The normalized spacial score (nSPS) is 21.6. The molecule has 0 radical (unpaired) electrons. The SMILES string of the molecule is Clc1cc(N(CC2CC2)CC2CC2)ccc1CNC1CC1. The van der Waals surface area contributed by atoms with Crippen LogP contribution in [0.3, 0.4) is 0 Å². The van der Waals surface area contributed by atoms with Crippen LogP contribution in [-0.2, 0) is 6.54 Å². The van der Waals surface area contributed by atoms with Crippen molar-refractivity contribution in [2.24, 2.45) is 11.8 Å². The summed E-state index contributed by atoms with van der Waals surface area (Å²) in [7, 11) is 0. The minimum Gasteiger partial charge on any atom is -0.371 e. The minimum atomic E-state index is 0.738. The van der Waals surface area contributed by atoms with Gasteiger partial charge in [-0.1, -0.05) is 17.7 Å². The maximum absolute atomic E-state index is 6.52. The molecule has 0 heterocycles. The molecule has 0 spiro atoms. The van der Waals surface area contributed by atoms with Crippen molar-refractivity contribution in [1.29, 1.82) is 0 Å². The number of halogens is 1. The van der Waals surface area contributed by atoms with Crippen LogP contribution in [0.15, 0.2) is 18.2 Å². The van der Waals surface area contributed by atoms with E-state index in [0.29, 0.717) is 0 Å². The molecule has 114 valence electrons. The minimum absolute atomic E-state index is 0.738. The number of nitrogens with one attached hydrogen (secondary N) is 1. The first-order chi connectivity index (χ1) is 10.3.